The van der Waals surface area contributed by atoms with E-state index in [9.17, 15) is 13.2 Å². The van der Waals surface area contributed by atoms with Crippen molar-refractivity contribution in [2.24, 2.45) is 11.8 Å². The van der Waals surface area contributed by atoms with E-state index >= 15 is 0 Å². The van der Waals surface area contributed by atoms with Gasteiger partial charge in [-0.05, 0) is 43.2 Å². The van der Waals surface area contributed by atoms with Crippen molar-refractivity contribution in [3.05, 3.63) is 23.9 Å². The lowest BCUT2D eigenvalue weighted by molar-refractivity contribution is -0.137. The molecule has 5 heteroatoms. The van der Waals surface area contributed by atoms with Crippen molar-refractivity contribution in [3.63, 3.8) is 0 Å². The first-order valence-electron chi connectivity index (χ1n) is 6.30. The molecule has 2 fully saturated rings. The molecule has 0 aromatic carbocycles. The Morgan fingerprint density at radius 1 is 1.11 bits per heavy atom. The highest BCUT2D eigenvalue weighted by Gasteiger charge is 2.34. The molecule has 1 saturated heterocycles. The standard InChI is InChI=1S/C13H15F3N2/c14-13(15,16)11-3-4-12(17-6-11)18-7-9-1-2-10(5-9)8-18/h3-4,6,9-10H,1-2,5,7-8H2. The molecule has 1 aromatic rings. The predicted octanol–water partition coefficient (Wildman–Crippen LogP) is 3.34. The van der Waals surface area contributed by atoms with E-state index in [4.69, 9.17) is 0 Å². The Morgan fingerprint density at radius 2 is 1.78 bits per heavy atom. The Labute approximate surface area is 104 Å². The highest BCUT2D eigenvalue weighted by Crippen LogP contribution is 2.38. The minimum atomic E-state index is -4.30. The third-order valence-electron chi connectivity index (χ3n) is 4.01. The van der Waals surface area contributed by atoms with Crippen molar-refractivity contribution >= 4 is 5.82 Å². The second kappa shape index (κ2) is 4.14. The van der Waals surface area contributed by atoms with Crippen LogP contribution in [0.2, 0.25) is 0 Å². The van der Waals surface area contributed by atoms with Crippen molar-refractivity contribution in [1.82, 2.24) is 4.98 Å². The van der Waals surface area contributed by atoms with Crippen LogP contribution < -0.4 is 4.90 Å². The van der Waals surface area contributed by atoms with Gasteiger partial charge in [0.25, 0.3) is 0 Å². The SMILES string of the molecule is FC(F)(F)c1ccc(N2CC3CCC(C3)C2)nc1. The first-order valence-corrected chi connectivity index (χ1v) is 6.30. The molecule has 3 rings (SSSR count). The van der Waals surface area contributed by atoms with E-state index in [-0.39, 0.29) is 0 Å². The quantitative estimate of drug-likeness (QED) is 0.766. The summed E-state index contributed by atoms with van der Waals surface area (Å²) in [6.07, 6.45) is 0.416. The van der Waals surface area contributed by atoms with Gasteiger partial charge in [-0.1, -0.05) is 0 Å². The molecule has 2 aliphatic rings. The van der Waals surface area contributed by atoms with E-state index in [1.165, 1.54) is 25.3 Å². The van der Waals surface area contributed by atoms with Gasteiger partial charge in [0.2, 0.25) is 0 Å². The Bertz CT molecular complexity index is 415. The summed E-state index contributed by atoms with van der Waals surface area (Å²) >= 11 is 0. The summed E-state index contributed by atoms with van der Waals surface area (Å²) in [5.74, 6) is 2.08. The zero-order chi connectivity index (χ0) is 12.8. The number of hydrogen-bond donors (Lipinski definition) is 0. The van der Waals surface area contributed by atoms with E-state index in [0.29, 0.717) is 17.7 Å². The number of rotatable bonds is 1. The smallest absolute Gasteiger partial charge is 0.356 e. The lowest BCUT2D eigenvalue weighted by Crippen LogP contribution is -2.36. The molecule has 18 heavy (non-hydrogen) atoms. The van der Waals surface area contributed by atoms with Crippen molar-refractivity contribution in [2.45, 2.75) is 25.4 Å². The molecule has 2 heterocycles. The number of hydrogen-bond acceptors (Lipinski definition) is 2. The minimum Gasteiger partial charge on any atom is -0.356 e. The number of aromatic nitrogens is 1. The maximum absolute atomic E-state index is 12.4. The fourth-order valence-corrected chi connectivity index (χ4v) is 3.14. The van der Waals surface area contributed by atoms with Gasteiger partial charge in [-0.15, -0.1) is 0 Å². The lowest BCUT2D eigenvalue weighted by Gasteiger charge is -2.32. The van der Waals surface area contributed by atoms with Crippen molar-refractivity contribution < 1.29 is 13.2 Å². The first kappa shape index (κ1) is 11.8. The Balaban J connectivity index is 1.77. The van der Waals surface area contributed by atoms with Crippen molar-refractivity contribution in [3.8, 4) is 0 Å². The summed E-state index contributed by atoms with van der Waals surface area (Å²) in [4.78, 5) is 6.10. The topological polar surface area (TPSA) is 16.1 Å². The molecule has 1 saturated carbocycles. The fourth-order valence-electron chi connectivity index (χ4n) is 3.14. The van der Waals surface area contributed by atoms with Crippen LogP contribution >= 0.6 is 0 Å². The Kier molecular flexibility index (Phi) is 2.72. The number of halogens is 3. The number of anilines is 1. The fraction of sp³-hybridized carbons (Fsp3) is 0.615. The summed E-state index contributed by atoms with van der Waals surface area (Å²) in [5.41, 5.74) is -0.675. The molecule has 0 N–H and O–H groups in total. The third kappa shape index (κ3) is 2.18. The maximum Gasteiger partial charge on any atom is 0.417 e. The van der Waals surface area contributed by atoms with Gasteiger partial charge < -0.3 is 4.90 Å². The molecular weight excluding hydrogens is 241 g/mol. The highest BCUT2D eigenvalue weighted by molar-refractivity contribution is 5.40. The van der Waals surface area contributed by atoms with Crippen molar-refractivity contribution in [1.29, 1.82) is 0 Å². The summed E-state index contributed by atoms with van der Waals surface area (Å²) in [5, 5.41) is 0. The Morgan fingerprint density at radius 3 is 2.28 bits per heavy atom. The average Bonchev–Trinajstić information content (AvgIpc) is 2.67. The van der Waals surface area contributed by atoms with Gasteiger partial charge in [-0.25, -0.2) is 4.98 Å². The van der Waals surface area contributed by atoms with Gasteiger partial charge >= 0.3 is 6.18 Å². The van der Waals surface area contributed by atoms with Gasteiger partial charge in [0.15, 0.2) is 0 Å². The van der Waals surface area contributed by atoms with Crippen LogP contribution in [0.25, 0.3) is 0 Å². The second-order valence-corrected chi connectivity index (χ2v) is 5.35. The molecule has 0 radical (unpaired) electrons. The normalized spacial score (nSPS) is 27.6. The van der Waals surface area contributed by atoms with Crippen LogP contribution in [0.5, 0.6) is 0 Å². The van der Waals surface area contributed by atoms with Gasteiger partial charge in [0.1, 0.15) is 5.82 Å². The molecule has 98 valence electrons. The van der Waals surface area contributed by atoms with Crippen LogP contribution in [0, 0.1) is 11.8 Å². The van der Waals surface area contributed by atoms with Crippen LogP contribution in [0.1, 0.15) is 24.8 Å². The molecule has 2 bridgehead atoms. The van der Waals surface area contributed by atoms with E-state index in [2.05, 4.69) is 9.88 Å². The van der Waals surface area contributed by atoms with Gasteiger partial charge in [0, 0.05) is 19.3 Å². The second-order valence-electron chi connectivity index (χ2n) is 5.35. The molecule has 2 atom stereocenters. The number of piperidine rings is 1. The van der Waals surface area contributed by atoms with Crippen LogP contribution in [0.4, 0.5) is 19.0 Å². The van der Waals surface area contributed by atoms with Gasteiger partial charge in [-0.2, -0.15) is 13.2 Å². The molecule has 2 nitrogen and oxygen atoms in total. The molecular formula is C13H15F3N2. The van der Waals surface area contributed by atoms with Gasteiger partial charge in [-0.3, -0.25) is 0 Å². The molecule has 1 aromatic heterocycles. The molecule has 1 aliphatic heterocycles. The van der Waals surface area contributed by atoms with Crippen LogP contribution in [0.3, 0.4) is 0 Å². The number of fused-ring (bicyclic) bond motifs is 2. The van der Waals surface area contributed by atoms with Crippen LogP contribution in [-0.2, 0) is 6.18 Å². The molecule has 1 aliphatic carbocycles. The lowest BCUT2D eigenvalue weighted by atomic mass is 9.99. The van der Waals surface area contributed by atoms with E-state index in [1.807, 2.05) is 0 Å². The zero-order valence-corrected chi connectivity index (χ0v) is 9.95. The molecule has 0 amide bonds. The largest absolute Gasteiger partial charge is 0.417 e. The first-order chi connectivity index (χ1) is 8.52. The summed E-state index contributed by atoms with van der Waals surface area (Å²) in [6, 6.07) is 2.62. The third-order valence-corrected chi connectivity index (χ3v) is 4.01. The van der Waals surface area contributed by atoms with Crippen LogP contribution in [0.15, 0.2) is 18.3 Å². The van der Waals surface area contributed by atoms with E-state index < -0.39 is 11.7 Å². The summed E-state index contributed by atoms with van der Waals surface area (Å²) in [6.45, 7) is 1.88. The van der Waals surface area contributed by atoms with Crippen LogP contribution in [-0.4, -0.2) is 18.1 Å². The maximum atomic E-state index is 12.4. The zero-order valence-electron chi connectivity index (χ0n) is 9.95. The number of nitrogens with zero attached hydrogens (tertiary/aromatic N) is 2. The van der Waals surface area contributed by atoms with E-state index in [0.717, 1.165) is 25.4 Å². The average molecular weight is 256 g/mol. The monoisotopic (exact) mass is 256 g/mol. The minimum absolute atomic E-state index is 0.675. The molecule has 0 spiro atoms. The summed E-state index contributed by atoms with van der Waals surface area (Å²) in [7, 11) is 0. The number of alkyl halides is 3. The Hall–Kier alpha value is -1.26. The highest BCUT2D eigenvalue weighted by atomic mass is 19.4. The molecule has 2 unspecified atom stereocenters. The summed E-state index contributed by atoms with van der Waals surface area (Å²) < 4.78 is 37.3. The van der Waals surface area contributed by atoms with Gasteiger partial charge in [0.05, 0.1) is 5.56 Å². The number of pyridine rings is 1. The van der Waals surface area contributed by atoms with E-state index in [1.54, 1.807) is 0 Å². The van der Waals surface area contributed by atoms with Crippen molar-refractivity contribution in [2.75, 3.05) is 18.0 Å². The predicted molar refractivity (Wildman–Crippen MR) is 62.3 cm³/mol.